The molecule has 27 heavy (non-hydrogen) atoms. The second-order valence-corrected chi connectivity index (χ2v) is 7.36. The van der Waals surface area contributed by atoms with Gasteiger partial charge in [-0.1, -0.05) is 18.2 Å². The fourth-order valence-corrected chi connectivity index (χ4v) is 3.73. The molecule has 1 unspecified atom stereocenters. The summed E-state index contributed by atoms with van der Waals surface area (Å²) in [6.45, 7) is 6.36. The highest BCUT2D eigenvalue weighted by molar-refractivity contribution is 5.68. The molecule has 4 rings (SSSR count). The normalized spacial score (nSPS) is 19.9. The first-order valence-electron chi connectivity index (χ1n) is 9.97. The number of aryl methyl sites for hydroxylation is 1. The first-order valence-corrected chi connectivity index (χ1v) is 9.97. The summed E-state index contributed by atoms with van der Waals surface area (Å²) in [5.41, 5.74) is 3.28. The van der Waals surface area contributed by atoms with Gasteiger partial charge in [-0.15, -0.1) is 0 Å². The molecule has 0 spiro atoms. The highest BCUT2D eigenvalue weighted by Crippen LogP contribution is 2.26. The summed E-state index contributed by atoms with van der Waals surface area (Å²) in [5, 5.41) is 3.51. The van der Waals surface area contributed by atoms with Crippen LogP contribution in [0.1, 0.15) is 24.8 Å². The lowest BCUT2D eigenvalue weighted by atomic mass is 9.96. The van der Waals surface area contributed by atoms with Gasteiger partial charge in [-0.25, -0.2) is 9.97 Å². The molecule has 1 fully saturated rings. The lowest BCUT2D eigenvalue weighted by Gasteiger charge is -2.28. The van der Waals surface area contributed by atoms with Crippen LogP contribution in [0, 0.1) is 12.8 Å². The standard InChI is InChI=1S/C22H28N4O/c1-17-15-23-21(24-16-18-6-3-2-4-7-18)14-19(17)20-8-5-9-22(25-20)26-10-12-27-13-11-26/h3,5-6,8-9,14-15,18H,2,4,7,10-13,16H2,1H3,(H,23,24). The van der Waals surface area contributed by atoms with Crippen molar-refractivity contribution in [2.24, 2.45) is 5.92 Å². The first kappa shape index (κ1) is 18.0. The maximum Gasteiger partial charge on any atom is 0.129 e. The molecular formula is C22H28N4O. The summed E-state index contributed by atoms with van der Waals surface area (Å²) >= 11 is 0. The van der Waals surface area contributed by atoms with Gasteiger partial charge >= 0.3 is 0 Å². The third-order valence-electron chi connectivity index (χ3n) is 5.35. The molecule has 1 atom stereocenters. The minimum absolute atomic E-state index is 0.605. The Kier molecular flexibility index (Phi) is 5.68. The summed E-state index contributed by atoms with van der Waals surface area (Å²) in [7, 11) is 0. The number of aromatic nitrogens is 2. The molecule has 2 aromatic heterocycles. The van der Waals surface area contributed by atoms with Gasteiger partial charge in [0.05, 0.1) is 18.9 Å². The van der Waals surface area contributed by atoms with Gasteiger partial charge in [0.15, 0.2) is 0 Å². The number of morpholine rings is 1. The number of anilines is 2. The minimum atomic E-state index is 0.605. The van der Waals surface area contributed by atoms with Gasteiger partial charge in [-0.05, 0) is 55.9 Å². The van der Waals surface area contributed by atoms with E-state index in [2.05, 4.69) is 58.5 Å². The van der Waals surface area contributed by atoms with E-state index in [9.17, 15) is 0 Å². The predicted molar refractivity (Wildman–Crippen MR) is 110 cm³/mol. The lowest BCUT2D eigenvalue weighted by molar-refractivity contribution is 0.122. The van der Waals surface area contributed by atoms with Crippen molar-refractivity contribution < 1.29 is 4.74 Å². The Morgan fingerprint density at radius 1 is 1.26 bits per heavy atom. The molecule has 1 aliphatic heterocycles. The zero-order valence-electron chi connectivity index (χ0n) is 16.0. The van der Waals surface area contributed by atoms with Crippen LogP contribution in [-0.4, -0.2) is 42.8 Å². The van der Waals surface area contributed by atoms with Crippen molar-refractivity contribution in [3.8, 4) is 11.3 Å². The van der Waals surface area contributed by atoms with Gasteiger partial charge in [-0.2, -0.15) is 0 Å². The van der Waals surface area contributed by atoms with Gasteiger partial charge < -0.3 is 15.0 Å². The molecule has 5 heteroatoms. The summed E-state index contributed by atoms with van der Waals surface area (Å²) in [6.07, 6.45) is 10.3. The number of allylic oxidation sites excluding steroid dienone is 1. The van der Waals surface area contributed by atoms with E-state index in [1.165, 1.54) is 19.3 Å². The quantitative estimate of drug-likeness (QED) is 0.811. The lowest BCUT2D eigenvalue weighted by Crippen LogP contribution is -2.36. The number of hydrogen-bond acceptors (Lipinski definition) is 5. The van der Waals surface area contributed by atoms with Crippen LogP contribution in [-0.2, 0) is 4.74 Å². The maximum absolute atomic E-state index is 5.46. The molecule has 2 aromatic rings. The van der Waals surface area contributed by atoms with Gasteiger partial charge in [0.1, 0.15) is 11.6 Å². The van der Waals surface area contributed by atoms with Crippen LogP contribution >= 0.6 is 0 Å². The van der Waals surface area contributed by atoms with Crippen LogP contribution in [0.3, 0.4) is 0 Å². The summed E-state index contributed by atoms with van der Waals surface area (Å²) < 4.78 is 5.46. The molecule has 0 amide bonds. The van der Waals surface area contributed by atoms with Crippen molar-refractivity contribution in [1.29, 1.82) is 0 Å². The van der Waals surface area contributed by atoms with Gasteiger partial charge in [-0.3, -0.25) is 0 Å². The van der Waals surface area contributed by atoms with E-state index in [4.69, 9.17) is 9.72 Å². The molecule has 1 aliphatic carbocycles. The van der Waals surface area contributed by atoms with Crippen LogP contribution in [0.5, 0.6) is 0 Å². The van der Waals surface area contributed by atoms with Gasteiger partial charge in [0.25, 0.3) is 0 Å². The first-order chi connectivity index (χ1) is 13.3. The van der Waals surface area contributed by atoms with Gasteiger partial charge in [0.2, 0.25) is 0 Å². The number of nitrogens with zero attached hydrogens (tertiary/aromatic N) is 3. The second-order valence-electron chi connectivity index (χ2n) is 7.36. The van der Waals surface area contributed by atoms with Crippen LogP contribution in [0.4, 0.5) is 11.6 Å². The molecule has 0 bridgehead atoms. The van der Waals surface area contributed by atoms with E-state index in [0.29, 0.717) is 5.92 Å². The Morgan fingerprint density at radius 3 is 2.96 bits per heavy atom. The molecular weight excluding hydrogens is 336 g/mol. The van der Waals surface area contributed by atoms with Crippen LogP contribution < -0.4 is 10.2 Å². The van der Waals surface area contributed by atoms with Crippen molar-refractivity contribution in [1.82, 2.24) is 9.97 Å². The molecule has 1 N–H and O–H groups in total. The largest absolute Gasteiger partial charge is 0.378 e. The van der Waals surface area contributed by atoms with Crippen molar-refractivity contribution in [3.63, 3.8) is 0 Å². The minimum Gasteiger partial charge on any atom is -0.378 e. The Labute approximate surface area is 161 Å². The molecule has 0 aromatic carbocycles. The average Bonchev–Trinajstić information content (AvgIpc) is 2.75. The summed E-state index contributed by atoms with van der Waals surface area (Å²) in [4.78, 5) is 11.8. The number of pyridine rings is 2. The fourth-order valence-electron chi connectivity index (χ4n) is 3.73. The van der Waals surface area contributed by atoms with E-state index >= 15 is 0 Å². The molecule has 2 aliphatic rings. The van der Waals surface area contributed by atoms with Crippen molar-refractivity contribution in [2.45, 2.75) is 26.2 Å². The van der Waals surface area contributed by atoms with Crippen molar-refractivity contribution >= 4 is 11.6 Å². The Hall–Kier alpha value is -2.40. The number of hydrogen-bond donors (Lipinski definition) is 1. The van der Waals surface area contributed by atoms with Crippen molar-refractivity contribution in [2.75, 3.05) is 43.1 Å². The Bertz CT molecular complexity index is 799. The molecule has 142 valence electrons. The molecule has 0 radical (unpaired) electrons. The van der Waals surface area contributed by atoms with Crippen molar-refractivity contribution in [3.05, 3.63) is 48.2 Å². The SMILES string of the molecule is Cc1cnc(NCC2C=CCCC2)cc1-c1cccc(N2CCOCC2)n1. The van der Waals surface area contributed by atoms with E-state index in [1.807, 2.05) is 6.20 Å². The maximum atomic E-state index is 5.46. The van der Waals surface area contributed by atoms with Crippen LogP contribution in [0.2, 0.25) is 0 Å². The smallest absolute Gasteiger partial charge is 0.129 e. The number of nitrogens with one attached hydrogen (secondary N) is 1. The van der Waals surface area contributed by atoms with Gasteiger partial charge in [0, 0.05) is 31.4 Å². The highest BCUT2D eigenvalue weighted by atomic mass is 16.5. The highest BCUT2D eigenvalue weighted by Gasteiger charge is 2.14. The molecule has 0 saturated carbocycles. The Balaban J connectivity index is 1.52. The Morgan fingerprint density at radius 2 is 2.15 bits per heavy atom. The monoisotopic (exact) mass is 364 g/mol. The summed E-state index contributed by atoms with van der Waals surface area (Å²) in [6, 6.07) is 8.39. The van der Waals surface area contributed by atoms with Crippen LogP contribution in [0.25, 0.3) is 11.3 Å². The van der Waals surface area contributed by atoms with E-state index in [-0.39, 0.29) is 0 Å². The predicted octanol–water partition coefficient (Wildman–Crippen LogP) is 4.06. The number of ether oxygens (including phenoxy) is 1. The third-order valence-corrected chi connectivity index (χ3v) is 5.35. The van der Waals surface area contributed by atoms with E-state index in [0.717, 1.165) is 61.3 Å². The topological polar surface area (TPSA) is 50.3 Å². The third kappa shape index (κ3) is 4.48. The van der Waals surface area contributed by atoms with E-state index < -0.39 is 0 Å². The molecule has 1 saturated heterocycles. The number of rotatable bonds is 5. The second kappa shape index (κ2) is 8.53. The summed E-state index contributed by atoms with van der Waals surface area (Å²) in [5.74, 6) is 2.55. The average molecular weight is 364 g/mol. The zero-order chi connectivity index (χ0) is 18.5. The van der Waals surface area contributed by atoms with Crippen LogP contribution in [0.15, 0.2) is 42.6 Å². The molecule has 5 nitrogen and oxygen atoms in total. The zero-order valence-corrected chi connectivity index (χ0v) is 16.0. The molecule has 3 heterocycles. The van der Waals surface area contributed by atoms with E-state index in [1.54, 1.807) is 0 Å². The fraction of sp³-hybridized carbons (Fsp3) is 0.455.